The van der Waals surface area contributed by atoms with E-state index in [1.54, 1.807) is 16.4 Å². The molecule has 0 saturated carbocycles. The van der Waals surface area contributed by atoms with Crippen LogP contribution in [0.5, 0.6) is 0 Å². The van der Waals surface area contributed by atoms with Gasteiger partial charge in [-0.3, -0.25) is 0 Å². The number of nitrogens with zero attached hydrogens (tertiary/aromatic N) is 1. The van der Waals surface area contributed by atoms with E-state index >= 15 is 0 Å². The zero-order valence-electron chi connectivity index (χ0n) is 13.0. The lowest BCUT2D eigenvalue weighted by molar-refractivity contribution is 0.293. The number of rotatable bonds is 3. The molecule has 1 N–H and O–H groups in total. The van der Waals surface area contributed by atoms with Crippen molar-refractivity contribution in [3.05, 3.63) is 28.1 Å². The highest BCUT2D eigenvalue weighted by Gasteiger charge is 2.33. The zero-order chi connectivity index (χ0) is 15.9. The molecule has 0 radical (unpaired) electrons. The highest BCUT2D eigenvalue weighted by Crippen LogP contribution is 2.37. The monoisotopic (exact) mass is 394 g/mol. The summed E-state index contributed by atoms with van der Waals surface area (Å²) in [5.41, 5.74) is 0. The molecule has 23 heavy (non-hydrogen) atoms. The summed E-state index contributed by atoms with van der Waals surface area (Å²) in [5.74, 6) is 0. The second-order valence-electron chi connectivity index (χ2n) is 5.62. The molecule has 1 fully saturated rings. The van der Waals surface area contributed by atoms with Crippen molar-refractivity contribution in [3.63, 3.8) is 0 Å². The van der Waals surface area contributed by atoms with Gasteiger partial charge in [0.15, 0.2) is 0 Å². The maximum Gasteiger partial charge on any atom is 0.244 e. The minimum atomic E-state index is -3.49. The van der Waals surface area contributed by atoms with Crippen LogP contribution in [-0.4, -0.2) is 38.9 Å². The summed E-state index contributed by atoms with van der Waals surface area (Å²) in [6, 6.07) is 5.67. The SMILES string of the molecule is CNC1CCCN(S(=O)(=O)c2c(C)sc3ccc(Cl)cc23)C1.Cl. The molecular weight excluding hydrogens is 375 g/mol. The average Bonchev–Trinajstić information content (AvgIpc) is 2.83. The van der Waals surface area contributed by atoms with Crippen LogP contribution in [-0.2, 0) is 10.0 Å². The van der Waals surface area contributed by atoms with Gasteiger partial charge in [0.1, 0.15) is 4.90 Å². The molecule has 8 heteroatoms. The van der Waals surface area contributed by atoms with E-state index in [4.69, 9.17) is 11.6 Å². The predicted octanol–water partition coefficient (Wildman–Crippen LogP) is 3.66. The second kappa shape index (κ2) is 7.25. The van der Waals surface area contributed by atoms with Crippen LogP contribution < -0.4 is 5.32 Å². The van der Waals surface area contributed by atoms with Crippen LogP contribution in [0.1, 0.15) is 17.7 Å². The molecule has 4 nitrogen and oxygen atoms in total. The molecule has 1 saturated heterocycles. The summed E-state index contributed by atoms with van der Waals surface area (Å²) in [6.45, 7) is 2.97. The predicted molar refractivity (Wildman–Crippen MR) is 99.7 cm³/mol. The Kier molecular flexibility index (Phi) is 5.98. The average molecular weight is 395 g/mol. The first-order chi connectivity index (χ1) is 10.4. The Labute approximate surface area is 152 Å². The van der Waals surface area contributed by atoms with Crippen molar-refractivity contribution >= 4 is 55.5 Å². The van der Waals surface area contributed by atoms with Crippen molar-refractivity contribution in [2.45, 2.75) is 30.7 Å². The van der Waals surface area contributed by atoms with E-state index in [0.717, 1.165) is 27.8 Å². The maximum atomic E-state index is 13.1. The lowest BCUT2D eigenvalue weighted by Gasteiger charge is -2.31. The van der Waals surface area contributed by atoms with Crippen LogP contribution in [0.25, 0.3) is 10.1 Å². The van der Waals surface area contributed by atoms with Crippen LogP contribution in [0.3, 0.4) is 0 Å². The first-order valence-corrected chi connectivity index (χ1v) is 9.93. The molecule has 2 heterocycles. The van der Waals surface area contributed by atoms with Gasteiger partial charge in [-0.25, -0.2) is 8.42 Å². The number of benzene rings is 1. The number of piperidine rings is 1. The van der Waals surface area contributed by atoms with Gasteiger partial charge in [-0.1, -0.05) is 11.6 Å². The fourth-order valence-corrected chi connectivity index (χ4v) is 6.45. The van der Waals surface area contributed by atoms with Gasteiger partial charge in [0.2, 0.25) is 10.0 Å². The molecule has 2 aromatic rings. The first kappa shape index (κ1) is 19.0. The Balaban J connectivity index is 0.00000192. The number of hydrogen-bond acceptors (Lipinski definition) is 4. The van der Waals surface area contributed by atoms with Crippen LogP contribution in [0.4, 0.5) is 0 Å². The number of halogens is 2. The standard InChI is InChI=1S/C15H19ClN2O2S2.ClH/c1-10-15(13-8-11(16)5-6-14(13)21-10)22(19,20)18-7-3-4-12(9-18)17-2;/h5-6,8,12,17H,3-4,7,9H2,1-2H3;1H. The smallest absolute Gasteiger partial charge is 0.244 e. The lowest BCUT2D eigenvalue weighted by atomic mass is 10.1. The van der Waals surface area contributed by atoms with Gasteiger partial charge in [0, 0.05) is 39.1 Å². The van der Waals surface area contributed by atoms with E-state index in [2.05, 4.69) is 5.32 Å². The van der Waals surface area contributed by atoms with Gasteiger partial charge >= 0.3 is 0 Å². The molecule has 0 bridgehead atoms. The third kappa shape index (κ3) is 3.52. The Morgan fingerprint density at radius 3 is 2.83 bits per heavy atom. The Hall–Kier alpha value is -0.370. The topological polar surface area (TPSA) is 49.4 Å². The number of aryl methyl sites for hydroxylation is 1. The molecular formula is C15H20Cl2N2O2S2. The summed E-state index contributed by atoms with van der Waals surface area (Å²) >= 11 is 7.57. The van der Waals surface area contributed by atoms with E-state index in [9.17, 15) is 8.42 Å². The van der Waals surface area contributed by atoms with Crippen molar-refractivity contribution in [1.29, 1.82) is 0 Å². The molecule has 1 atom stereocenters. The summed E-state index contributed by atoms with van der Waals surface area (Å²) in [5, 5.41) is 4.49. The molecule has 0 spiro atoms. The van der Waals surface area contributed by atoms with Crippen LogP contribution in [0.2, 0.25) is 5.02 Å². The van der Waals surface area contributed by atoms with E-state index in [-0.39, 0.29) is 18.4 Å². The van der Waals surface area contributed by atoms with Crippen LogP contribution in [0, 0.1) is 6.92 Å². The van der Waals surface area contributed by atoms with Crippen LogP contribution in [0.15, 0.2) is 23.1 Å². The number of fused-ring (bicyclic) bond motifs is 1. The van der Waals surface area contributed by atoms with Crippen molar-refractivity contribution < 1.29 is 8.42 Å². The first-order valence-electron chi connectivity index (χ1n) is 7.29. The number of nitrogens with one attached hydrogen (secondary N) is 1. The normalized spacial score (nSPS) is 19.7. The molecule has 0 amide bonds. The van der Waals surface area contributed by atoms with Gasteiger partial charge in [0.25, 0.3) is 0 Å². The molecule has 3 rings (SSSR count). The van der Waals surface area contributed by atoms with E-state index in [0.29, 0.717) is 23.0 Å². The third-order valence-electron chi connectivity index (χ3n) is 4.16. The summed E-state index contributed by atoms with van der Waals surface area (Å²) < 4.78 is 28.8. The highest BCUT2D eigenvalue weighted by atomic mass is 35.5. The molecule has 1 unspecified atom stereocenters. The fourth-order valence-electron chi connectivity index (χ4n) is 3.02. The molecule has 1 aliphatic rings. The van der Waals surface area contributed by atoms with Crippen LogP contribution >= 0.6 is 35.3 Å². The van der Waals surface area contributed by atoms with Crippen molar-refractivity contribution in [3.8, 4) is 0 Å². The minimum Gasteiger partial charge on any atom is -0.316 e. The number of thiophene rings is 1. The second-order valence-corrected chi connectivity index (χ2v) is 9.19. The Morgan fingerprint density at radius 1 is 1.39 bits per heavy atom. The van der Waals surface area contributed by atoms with Gasteiger partial charge in [-0.2, -0.15) is 4.31 Å². The summed E-state index contributed by atoms with van der Waals surface area (Å²) in [7, 11) is -1.61. The number of hydrogen-bond donors (Lipinski definition) is 1. The zero-order valence-corrected chi connectivity index (χ0v) is 16.2. The molecule has 1 aromatic heterocycles. The highest BCUT2D eigenvalue weighted by molar-refractivity contribution is 7.89. The summed E-state index contributed by atoms with van der Waals surface area (Å²) in [6.07, 6.45) is 1.89. The molecule has 1 aliphatic heterocycles. The number of sulfonamides is 1. The Bertz CT molecular complexity index is 805. The van der Waals surface area contributed by atoms with Crippen molar-refractivity contribution in [1.82, 2.24) is 9.62 Å². The molecule has 1 aromatic carbocycles. The van der Waals surface area contributed by atoms with Gasteiger partial charge in [-0.05, 0) is 45.0 Å². The van der Waals surface area contributed by atoms with Gasteiger partial charge < -0.3 is 5.32 Å². The molecule has 128 valence electrons. The summed E-state index contributed by atoms with van der Waals surface area (Å²) in [4.78, 5) is 1.25. The third-order valence-corrected chi connectivity index (χ3v) is 7.66. The molecule has 0 aliphatic carbocycles. The minimum absolute atomic E-state index is 0. The fraction of sp³-hybridized carbons (Fsp3) is 0.467. The maximum absolute atomic E-state index is 13.1. The van der Waals surface area contributed by atoms with Gasteiger partial charge in [-0.15, -0.1) is 23.7 Å². The van der Waals surface area contributed by atoms with E-state index in [1.165, 1.54) is 11.3 Å². The lowest BCUT2D eigenvalue weighted by Crippen LogP contribution is -2.46. The van der Waals surface area contributed by atoms with E-state index in [1.807, 2.05) is 20.0 Å². The quantitative estimate of drug-likeness (QED) is 0.863. The largest absolute Gasteiger partial charge is 0.316 e. The number of likely N-dealkylation sites (N-methyl/N-ethyl adjacent to an activating group) is 1. The van der Waals surface area contributed by atoms with Crippen molar-refractivity contribution in [2.24, 2.45) is 0 Å². The van der Waals surface area contributed by atoms with Gasteiger partial charge in [0.05, 0.1) is 0 Å². The van der Waals surface area contributed by atoms with Crippen molar-refractivity contribution in [2.75, 3.05) is 20.1 Å². The Morgan fingerprint density at radius 2 is 2.13 bits per heavy atom. The van der Waals surface area contributed by atoms with E-state index < -0.39 is 10.0 Å².